The predicted molar refractivity (Wildman–Crippen MR) is 64.9 cm³/mol. The number of nitrogens with one attached hydrogen (secondary N) is 2. The monoisotopic (exact) mass is 267 g/mol. The van der Waals surface area contributed by atoms with E-state index < -0.39 is 23.1 Å². The van der Waals surface area contributed by atoms with Crippen LogP contribution in [0, 0.1) is 12.8 Å². The third-order valence-electron chi connectivity index (χ3n) is 3.03. The van der Waals surface area contributed by atoms with E-state index in [1.807, 2.05) is 0 Å². The summed E-state index contributed by atoms with van der Waals surface area (Å²) in [5, 5.41) is 0. The fourth-order valence-electron chi connectivity index (χ4n) is 2.17. The van der Waals surface area contributed by atoms with Crippen molar-refractivity contribution in [1.29, 1.82) is 0 Å². The summed E-state index contributed by atoms with van der Waals surface area (Å²) in [5.74, 6) is -1.44. The molecular formula is C11H13N3O5. The molecule has 1 aliphatic heterocycles. The maximum Gasteiger partial charge on any atom is 0.326 e. The van der Waals surface area contributed by atoms with Gasteiger partial charge in [0.15, 0.2) is 0 Å². The first-order valence-corrected chi connectivity index (χ1v) is 5.65. The van der Waals surface area contributed by atoms with Crippen LogP contribution >= 0.6 is 0 Å². The molecule has 1 amide bonds. The summed E-state index contributed by atoms with van der Waals surface area (Å²) in [4.78, 5) is 51.8. The van der Waals surface area contributed by atoms with Gasteiger partial charge in [-0.2, -0.15) is 0 Å². The Balaban J connectivity index is 2.39. The van der Waals surface area contributed by atoms with Gasteiger partial charge in [0.05, 0.1) is 13.0 Å². The summed E-state index contributed by atoms with van der Waals surface area (Å²) in [6, 6.07) is 0. The van der Waals surface area contributed by atoms with Crippen molar-refractivity contribution in [2.75, 3.05) is 18.6 Å². The van der Waals surface area contributed by atoms with Crippen LogP contribution < -0.4 is 16.1 Å². The number of esters is 1. The van der Waals surface area contributed by atoms with Crippen molar-refractivity contribution in [2.45, 2.75) is 13.3 Å². The van der Waals surface area contributed by atoms with E-state index in [1.165, 1.54) is 18.9 Å². The zero-order chi connectivity index (χ0) is 14.2. The number of H-pyrrole nitrogens is 2. The number of anilines is 1. The molecule has 0 radical (unpaired) electrons. The highest BCUT2D eigenvalue weighted by molar-refractivity contribution is 5.99. The predicted octanol–water partition coefficient (Wildman–Crippen LogP) is -1.10. The van der Waals surface area contributed by atoms with Gasteiger partial charge in [0.1, 0.15) is 5.69 Å². The van der Waals surface area contributed by atoms with E-state index in [0.717, 1.165) is 0 Å². The van der Waals surface area contributed by atoms with Crippen LogP contribution in [0.2, 0.25) is 0 Å². The van der Waals surface area contributed by atoms with E-state index in [1.54, 1.807) is 0 Å². The lowest BCUT2D eigenvalue weighted by Gasteiger charge is -2.16. The number of nitrogens with zero attached hydrogens (tertiary/aromatic N) is 1. The second kappa shape index (κ2) is 4.71. The van der Waals surface area contributed by atoms with Gasteiger partial charge in [-0.3, -0.25) is 19.4 Å². The molecule has 1 saturated heterocycles. The van der Waals surface area contributed by atoms with Crippen molar-refractivity contribution in [2.24, 2.45) is 5.92 Å². The number of rotatable bonds is 2. The quantitative estimate of drug-likeness (QED) is 0.660. The lowest BCUT2D eigenvalue weighted by atomic mass is 10.1. The summed E-state index contributed by atoms with van der Waals surface area (Å²) in [6.07, 6.45) is -0.00925. The second-order valence-electron chi connectivity index (χ2n) is 4.31. The molecule has 0 aliphatic carbocycles. The van der Waals surface area contributed by atoms with Crippen molar-refractivity contribution < 1.29 is 14.3 Å². The van der Waals surface area contributed by atoms with Crippen LogP contribution in [0.3, 0.4) is 0 Å². The number of aryl methyl sites for hydroxylation is 1. The third kappa shape index (κ3) is 2.28. The summed E-state index contributed by atoms with van der Waals surface area (Å²) in [7, 11) is 1.24. The van der Waals surface area contributed by atoms with Crippen LogP contribution in [0.4, 0.5) is 5.69 Å². The van der Waals surface area contributed by atoms with Crippen molar-refractivity contribution in [3.8, 4) is 0 Å². The van der Waals surface area contributed by atoms with Crippen molar-refractivity contribution in [1.82, 2.24) is 9.97 Å². The molecule has 0 spiro atoms. The van der Waals surface area contributed by atoms with Crippen LogP contribution in [0.25, 0.3) is 0 Å². The molecule has 1 aliphatic rings. The first-order valence-electron chi connectivity index (χ1n) is 5.65. The number of carbonyl (C=O) groups is 2. The number of amides is 1. The molecule has 1 atom stereocenters. The van der Waals surface area contributed by atoms with Crippen molar-refractivity contribution in [3.05, 3.63) is 26.5 Å². The van der Waals surface area contributed by atoms with Crippen LogP contribution in [-0.2, 0) is 14.3 Å². The summed E-state index contributed by atoms with van der Waals surface area (Å²) in [5.41, 5.74) is -0.939. The highest BCUT2D eigenvalue weighted by atomic mass is 16.5. The van der Waals surface area contributed by atoms with Gasteiger partial charge in [-0.05, 0) is 6.92 Å². The standard InChI is InChI=1S/C11H13N3O5/c1-5-8(9(16)13-11(18)12-5)14-4-6(3-7(14)15)10(17)19-2/h6H,3-4H2,1-2H3,(H2,12,13,16,18). The van der Waals surface area contributed by atoms with Gasteiger partial charge in [-0.1, -0.05) is 0 Å². The van der Waals surface area contributed by atoms with Gasteiger partial charge in [0, 0.05) is 18.7 Å². The summed E-state index contributed by atoms with van der Waals surface area (Å²) < 4.78 is 4.58. The fraction of sp³-hybridized carbons (Fsp3) is 0.455. The smallest absolute Gasteiger partial charge is 0.326 e. The minimum Gasteiger partial charge on any atom is -0.469 e. The maximum atomic E-state index is 11.9. The number of methoxy groups -OCH3 is 1. The van der Waals surface area contributed by atoms with Gasteiger partial charge < -0.3 is 14.6 Å². The van der Waals surface area contributed by atoms with E-state index >= 15 is 0 Å². The molecule has 1 fully saturated rings. The van der Waals surface area contributed by atoms with Crippen LogP contribution in [-0.4, -0.2) is 35.5 Å². The molecule has 0 saturated carbocycles. The molecule has 1 aromatic heterocycles. The van der Waals surface area contributed by atoms with E-state index in [2.05, 4.69) is 14.7 Å². The van der Waals surface area contributed by atoms with Crippen LogP contribution in [0.1, 0.15) is 12.1 Å². The Morgan fingerprint density at radius 3 is 2.58 bits per heavy atom. The Morgan fingerprint density at radius 1 is 1.32 bits per heavy atom. The lowest BCUT2D eigenvalue weighted by Crippen LogP contribution is -2.35. The number of aromatic nitrogens is 2. The molecule has 1 unspecified atom stereocenters. The molecule has 8 heteroatoms. The van der Waals surface area contributed by atoms with E-state index in [9.17, 15) is 19.2 Å². The normalized spacial score (nSPS) is 18.7. The van der Waals surface area contributed by atoms with Gasteiger partial charge in [0.25, 0.3) is 5.56 Å². The number of ether oxygens (including phenoxy) is 1. The van der Waals surface area contributed by atoms with Crippen LogP contribution in [0.15, 0.2) is 9.59 Å². The SMILES string of the molecule is COC(=O)C1CC(=O)N(c2c(C)[nH]c(=O)[nH]c2=O)C1. The number of hydrogen-bond donors (Lipinski definition) is 2. The lowest BCUT2D eigenvalue weighted by molar-refractivity contribution is -0.145. The molecule has 8 nitrogen and oxygen atoms in total. The van der Waals surface area contributed by atoms with Crippen molar-refractivity contribution >= 4 is 17.6 Å². The number of hydrogen-bond acceptors (Lipinski definition) is 5. The average molecular weight is 267 g/mol. The highest BCUT2D eigenvalue weighted by Crippen LogP contribution is 2.24. The molecule has 102 valence electrons. The Morgan fingerprint density at radius 2 is 2.00 bits per heavy atom. The Kier molecular flexibility index (Phi) is 3.24. The molecule has 0 aromatic carbocycles. The molecule has 2 N–H and O–H groups in total. The molecule has 19 heavy (non-hydrogen) atoms. The Bertz CT molecular complexity index is 644. The zero-order valence-electron chi connectivity index (χ0n) is 10.5. The third-order valence-corrected chi connectivity index (χ3v) is 3.03. The van der Waals surface area contributed by atoms with Crippen LogP contribution in [0.5, 0.6) is 0 Å². The Hall–Kier alpha value is -2.38. The maximum absolute atomic E-state index is 11.9. The minimum atomic E-state index is -0.653. The van der Waals surface area contributed by atoms with E-state index in [4.69, 9.17) is 0 Å². The van der Waals surface area contributed by atoms with E-state index in [-0.39, 0.29) is 30.3 Å². The molecule has 2 rings (SSSR count). The Labute approximate surface area is 107 Å². The highest BCUT2D eigenvalue weighted by Gasteiger charge is 2.37. The summed E-state index contributed by atoms with van der Waals surface area (Å²) >= 11 is 0. The van der Waals surface area contributed by atoms with E-state index in [0.29, 0.717) is 0 Å². The van der Waals surface area contributed by atoms with Gasteiger partial charge in [-0.25, -0.2) is 4.79 Å². The van der Waals surface area contributed by atoms with Crippen molar-refractivity contribution in [3.63, 3.8) is 0 Å². The molecular weight excluding hydrogens is 254 g/mol. The molecule has 2 heterocycles. The first-order chi connectivity index (χ1) is 8.93. The molecule has 0 bridgehead atoms. The van der Waals surface area contributed by atoms with Gasteiger partial charge >= 0.3 is 11.7 Å². The minimum absolute atomic E-state index is 0.00925. The largest absolute Gasteiger partial charge is 0.469 e. The second-order valence-corrected chi connectivity index (χ2v) is 4.31. The average Bonchev–Trinajstić information content (AvgIpc) is 2.69. The summed E-state index contributed by atoms with van der Waals surface area (Å²) in [6.45, 7) is 1.59. The van der Waals surface area contributed by atoms with Gasteiger partial charge in [0.2, 0.25) is 5.91 Å². The number of aromatic amines is 2. The topological polar surface area (TPSA) is 112 Å². The fourth-order valence-corrected chi connectivity index (χ4v) is 2.17. The van der Waals surface area contributed by atoms with Gasteiger partial charge in [-0.15, -0.1) is 0 Å². The first kappa shape index (κ1) is 13.1. The zero-order valence-corrected chi connectivity index (χ0v) is 10.5. The molecule has 1 aromatic rings. The number of carbonyl (C=O) groups excluding carboxylic acids is 2.